The van der Waals surface area contributed by atoms with Gasteiger partial charge in [0.15, 0.2) is 0 Å². The lowest BCUT2D eigenvalue weighted by Crippen LogP contribution is -2.36. The van der Waals surface area contributed by atoms with Crippen LogP contribution in [0.25, 0.3) is 0 Å². The summed E-state index contributed by atoms with van der Waals surface area (Å²) in [6, 6.07) is 4.34. The van der Waals surface area contributed by atoms with Gasteiger partial charge in [0.2, 0.25) is 10.0 Å². The molecule has 5 nitrogen and oxygen atoms in total. The summed E-state index contributed by atoms with van der Waals surface area (Å²) in [5.74, 6) is 0.106. The number of sulfonamides is 1. The van der Waals surface area contributed by atoms with Crippen LogP contribution in [0.2, 0.25) is 0 Å². The Labute approximate surface area is 124 Å². The van der Waals surface area contributed by atoms with E-state index in [0.717, 1.165) is 0 Å². The van der Waals surface area contributed by atoms with Crippen molar-refractivity contribution in [2.24, 2.45) is 0 Å². The zero-order valence-corrected chi connectivity index (χ0v) is 12.9. The monoisotopic (exact) mass is 373 g/mol. The van der Waals surface area contributed by atoms with E-state index in [4.69, 9.17) is 9.84 Å². The topological polar surface area (TPSA) is 75.6 Å². The molecule has 0 fully saturated rings. The van der Waals surface area contributed by atoms with Gasteiger partial charge in [-0.2, -0.15) is 0 Å². The number of nitrogens with one attached hydrogen (secondary N) is 1. The third kappa shape index (κ3) is 4.65. The van der Waals surface area contributed by atoms with Crippen LogP contribution < -0.4 is 9.46 Å². The van der Waals surface area contributed by atoms with Crippen molar-refractivity contribution < 1.29 is 27.0 Å². The number of aliphatic hydroxyl groups excluding tert-OH is 1. The van der Waals surface area contributed by atoms with Crippen molar-refractivity contribution in [2.45, 2.75) is 24.3 Å². The Kier molecular flexibility index (Phi) is 6.31. The molecule has 2 N–H and O–H groups in total. The molecular weight excluding hydrogens is 360 g/mol. The van der Waals surface area contributed by atoms with E-state index in [1.807, 2.05) is 4.72 Å². The van der Waals surface area contributed by atoms with Crippen molar-refractivity contribution in [1.29, 1.82) is 0 Å². The summed E-state index contributed by atoms with van der Waals surface area (Å²) in [5, 5.41) is 8.95. The average Bonchev–Trinajstić information content (AvgIpc) is 2.38. The minimum Gasteiger partial charge on any atom is -0.492 e. The Balaban J connectivity index is 2.99. The second-order valence-corrected chi connectivity index (χ2v) is 6.43. The van der Waals surface area contributed by atoms with E-state index < -0.39 is 29.1 Å². The molecule has 0 amide bonds. The molecule has 20 heavy (non-hydrogen) atoms. The van der Waals surface area contributed by atoms with Gasteiger partial charge in [0, 0.05) is 11.0 Å². The maximum absolute atomic E-state index is 12.2. The van der Waals surface area contributed by atoms with Crippen LogP contribution in [-0.4, -0.2) is 39.2 Å². The molecule has 0 spiro atoms. The molecule has 0 aliphatic heterocycles. The first-order valence-electron chi connectivity index (χ1n) is 5.66. The van der Waals surface area contributed by atoms with Crippen molar-refractivity contribution in [2.75, 3.05) is 13.2 Å². The molecule has 1 rings (SSSR count). The number of aliphatic hydroxyl groups is 1. The highest BCUT2D eigenvalue weighted by Crippen LogP contribution is 2.27. The number of halogens is 3. The summed E-state index contributed by atoms with van der Waals surface area (Å²) in [7, 11) is -4.06. The lowest BCUT2D eigenvalue weighted by atomic mass is 10.3. The lowest BCUT2D eigenvalue weighted by Gasteiger charge is -2.14. The smallest absolute Gasteiger partial charge is 0.265 e. The Hall–Kier alpha value is -0.770. The SMILES string of the molecule is CCOc1ccc(Br)cc1S(=O)(=O)NCC(O)C(F)F. The van der Waals surface area contributed by atoms with Gasteiger partial charge in [-0.05, 0) is 25.1 Å². The first kappa shape index (κ1) is 17.3. The number of ether oxygens (including phenoxy) is 1. The fourth-order valence-electron chi connectivity index (χ4n) is 1.33. The lowest BCUT2D eigenvalue weighted by molar-refractivity contribution is -0.000455. The molecule has 0 aliphatic carbocycles. The quantitative estimate of drug-likeness (QED) is 0.763. The van der Waals surface area contributed by atoms with E-state index in [1.54, 1.807) is 13.0 Å². The van der Waals surface area contributed by atoms with Gasteiger partial charge in [-0.25, -0.2) is 21.9 Å². The van der Waals surface area contributed by atoms with Crippen molar-refractivity contribution in [3.8, 4) is 5.75 Å². The highest BCUT2D eigenvalue weighted by molar-refractivity contribution is 9.10. The van der Waals surface area contributed by atoms with Gasteiger partial charge in [-0.1, -0.05) is 15.9 Å². The van der Waals surface area contributed by atoms with Gasteiger partial charge >= 0.3 is 0 Å². The van der Waals surface area contributed by atoms with Gasteiger partial charge in [0.25, 0.3) is 6.43 Å². The van der Waals surface area contributed by atoms with Crippen molar-refractivity contribution >= 4 is 26.0 Å². The third-order valence-electron chi connectivity index (χ3n) is 2.27. The van der Waals surface area contributed by atoms with Gasteiger partial charge in [-0.3, -0.25) is 0 Å². The van der Waals surface area contributed by atoms with E-state index in [1.165, 1.54) is 12.1 Å². The number of alkyl halides is 2. The fourth-order valence-corrected chi connectivity index (χ4v) is 3.06. The molecule has 0 radical (unpaired) electrons. The van der Waals surface area contributed by atoms with E-state index in [0.29, 0.717) is 4.47 Å². The predicted molar refractivity (Wildman–Crippen MR) is 72.5 cm³/mol. The highest BCUT2D eigenvalue weighted by Gasteiger charge is 2.24. The number of hydrogen-bond donors (Lipinski definition) is 2. The summed E-state index contributed by atoms with van der Waals surface area (Å²) in [6.45, 7) is 1.16. The summed E-state index contributed by atoms with van der Waals surface area (Å²) >= 11 is 3.13. The van der Waals surface area contributed by atoms with E-state index in [2.05, 4.69) is 15.9 Å². The van der Waals surface area contributed by atoms with Crippen molar-refractivity contribution in [1.82, 2.24) is 4.72 Å². The largest absolute Gasteiger partial charge is 0.492 e. The molecular formula is C11H14BrF2NO4S. The molecule has 0 saturated carbocycles. The Morgan fingerprint density at radius 1 is 1.45 bits per heavy atom. The van der Waals surface area contributed by atoms with E-state index in [-0.39, 0.29) is 17.3 Å². The van der Waals surface area contributed by atoms with Gasteiger partial charge in [-0.15, -0.1) is 0 Å². The van der Waals surface area contributed by atoms with Crippen LogP contribution in [0.15, 0.2) is 27.6 Å². The zero-order valence-electron chi connectivity index (χ0n) is 10.5. The fraction of sp³-hybridized carbons (Fsp3) is 0.455. The van der Waals surface area contributed by atoms with Crippen molar-refractivity contribution in [3.63, 3.8) is 0 Å². The van der Waals surface area contributed by atoms with Gasteiger partial charge < -0.3 is 9.84 Å². The van der Waals surface area contributed by atoms with Crippen LogP contribution in [-0.2, 0) is 10.0 Å². The molecule has 0 aromatic heterocycles. The van der Waals surface area contributed by atoms with Crippen LogP contribution in [0, 0.1) is 0 Å². The Bertz CT molecular complexity index is 553. The summed E-state index contributed by atoms with van der Waals surface area (Å²) in [5.41, 5.74) is 0. The molecule has 1 aromatic rings. The predicted octanol–water partition coefficient (Wildman–Crippen LogP) is 1.75. The molecule has 114 valence electrons. The molecule has 9 heteroatoms. The molecule has 1 aromatic carbocycles. The van der Waals surface area contributed by atoms with Crippen molar-refractivity contribution in [3.05, 3.63) is 22.7 Å². The minimum atomic E-state index is -4.06. The summed E-state index contributed by atoms with van der Waals surface area (Å²) < 4.78 is 56.0. The second kappa shape index (κ2) is 7.30. The maximum atomic E-state index is 12.2. The van der Waals surface area contributed by atoms with Crippen LogP contribution >= 0.6 is 15.9 Å². The van der Waals surface area contributed by atoms with Crippen LogP contribution in [0.3, 0.4) is 0 Å². The van der Waals surface area contributed by atoms with Gasteiger partial charge in [0.1, 0.15) is 16.7 Å². The first-order chi connectivity index (χ1) is 9.27. The Morgan fingerprint density at radius 3 is 2.65 bits per heavy atom. The van der Waals surface area contributed by atoms with E-state index in [9.17, 15) is 17.2 Å². The molecule has 0 heterocycles. The maximum Gasteiger partial charge on any atom is 0.265 e. The molecule has 1 unspecified atom stereocenters. The number of benzene rings is 1. The molecule has 0 aliphatic rings. The van der Waals surface area contributed by atoms with Crippen LogP contribution in [0.1, 0.15) is 6.92 Å². The second-order valence-electron chi connectivity index (χ2n) is 3.78. The van der Waals surface area contributed by atoms with Crippen LogP contribution in [0.5, 0.6) is 5.75 Å². The minimum absolute atomic E-state index is 0.106. The third-order valence-corrected chi connectivity index (χ3v) is 4.21. The first-order valence-corrected chi connectivity index (χ1v) is 7.93. The van der Waals surface area contributed by atoms with E-state index >= 15 is 0 Å². The van der Waals surface area contributed by atoms with Crippen LogP contribution in [0.4, 0.5) is 8.78 Å². The highest BCUT2D eigenvalue weighted by atomic mass is 79.9. The zero-order chi connectivity index (χ0) is 15.3. The summed E-state index contributed by atoms with van der Waals surface area (Å²) in [6.07, 6.45) is -5.08. The standard InChI is InChI=1S/C11H14BrF2NO4S/c1-2-19-9-4-3-7(12)5-10(9)20(17,18)15-6-8(16)11(13)14/h3-5,8,11,15-16H,2,6H2,1H3. The number of hydrogen-bond acceptors (Lipinski definition) is 4. The summed E-state index contributed by atoms with van der Waals surface area (Å²) in [4.78, 5) is -0.185. The molecule has 0 bridgehead atoms. The average molecular weight is 374 g/mol. The molecule has 0 saturated heterocycles. The number of rotatable bonds is 7. The molecule has 1 atom stereocenters. The van der Waals surface area contributed by atoms with Gasteiger partial charge in [0.05, 0.1) is 6.61 Å². The Morgan fingerprint density at radius 2 is 2.10 bits per heavy atom. The normalized spacial score (nSPS) is 13.5.